The summed E-state index contributed by atoms with van der Waals surface area (Å²) in [7, 11) is 1.56. The van der Waals surface area contributed by atoms with E-state index in [9.17, 15) is 4.79 Å². The van der Waals surface area contributed by atoms with Crippen molar-refractivity contribution in [2.75, 3.05) is 7.11 Å². The largest absolute Gasteiger partial charge is 0.496 e. The Hall–Kier alpha value is -2.01. The summed E-state index contributed by atoms with van der Waals surface area (Å²) in [6, 6.07) is 7.17. The molecule has 0 amide bonds. The minimum atomic E-state index is -0.182. The average molecular weight is 240 g/mol. The van der Waals surface area contributed by atoms with Gasteiger partial charge in [-0.25, -0.2) is 0 Å². The van der Waals surface area contributed by atoms with Crippen molar-refractivity contribution in [2.45, 2.75) is 25.7 Å². The minimum Gasteiger partial charge on any atom is -0.496 e. The van der Waals surface area contributed by atoms with Crippen LogP contribution in [0.1, 0.15) is 36.0 Å². The van der Waals surface area contributed by atoms with Gasteiger partial charge in [0.05, 0.1) is 12.7 Å². The first-order valence-electron chi connectivity index (χ1n) is 6.19. The van der Waals surface area contributed by atoms with Crippen LogP contribution in [0.2, 0.25) is 0 Å². The number of hydrogen-bond acceptors (Lipinski definition) is 2. The molecule has 1 aliphatic carbocycles. The molecule has 2 heteroatoms. The fraction of sp³-hybridized carbons (Fsp3) is 0.312. The smallest absolute Gasteiger partial charge is 0.239 e. The summed E-state index contributed by atoms with van der Waals surface area (Å²) >= 11 is 0. The predicted octanol–water partition coefficient (Wildman–Crippen LogP) is 3.38. The molecule has 1 aliphatic rings. The lowest BCUT2D eigenvalue weighted by Crippen LogP contribution is -1.99. The van der Waals surface area contributed by atoms with Crippen molar-refractivity contribution in [3.05, 3.63) is 41.5 Å². The molecule has 0 atom stereocenters. The zero-order valence-corrected chi connectivity index (χ0v) is 10.5. The van der Waals surface area contributed by atoms with Crippen LogP contribution in [-0.4, -0.2) is 12.9 Å². The molecule has 0 aliphatic heterocycles. The van der Waals surface area contributed by atoms with Crippen LogP contribution in [0, 0.1) is 11.8 Å². The summed E-state index contributed by atoms with van der Waals surface area (Å²) in [6.45, 7) is 0. The molecule has 2 nitrogen and oxygen atoms in total. The first-order chi connectivity index (χ1) is 8.81. The lowest BCUT2D eigenvalue weighted by Gasteiger charge is -2.06. The molecule has 0 fully saturated rings. The molecular weight excluding hydrogens is 224 g/mol. The number of hydrogen-bond donors (Lipinski definition) is 0. The monoisotopic (exact) mass is 240 g/mol. The second-order valence-electron chi connectivity index (χ2n) is 4.25. The number of carbonyl (C=O) groups is 1. The number of para-hydroxylation sites is 1. The summed E-state index contributed by atoms with van der Waals surface area (Å²) < 4.78 is 5.16. The van der Waals surface area contributed by atoms with Gasteiger partial charge < -0.3 is 4.74 Å². The molecule has 0 N–H and O–H groups in total. The molecule has 0 unspecified atom stereocenters. The van der Waals surface area contributed by atoms with Gasteiger partial charge in [-0.15, -0.1) is 0 Å². The van der Waals surface area contributed by atoms with Crippen molar-refractivity contribution in [2.24, 2.45) is 0 Å². The average Bonchev–Trinajstić information content (AvgIpc) is 2.45. The molecule has 92 valence electrons. The molecule has 0 saturated carbocycles. The van der Waals surface area contributed by atoms with Crippen LogP contribution >= 0.6 is 0 Å². The van der Waals surface area contributed by atoms with E-state index in [4.69, 9.17) is 4.74 Å². The van der Waals surface area contributed by atoms with E-state index in [2.05, 4.69) is 17.9 Å². The van der Waals surface area contributed by atoms with Crippen molar-refractivity contribution < 1.29 is 9.53 Å². The Morgan fingerprint density at radius 2 is 2.11 bits per heavy atom. The minimum absolute atomic E-state index is 0.182. The molecule has 18 heavy (non-hydrogen) atoms. The predicted molar refractivity (Wildman–Crippen MR) is 71.7 cm³/mol. The molecule has 0 saturated heterocycles. The van der Waals surface area contributed by atoms with Gasteiger partial charge in [-0.05, 0) is 49.3 Å². The van der Waals surface area contributed by atoms with E-state index in [1.807, 2.05) is 12.1 Å². The second-order valence-corrected chi connectivity index (χ2v) is 4.25. The lowest BCUT2D eigenvalue weighted by atomic mass is 10.00. The van der Waals surface area contributed by atoms with Gasteiger partial charge >= 0.3 is 0 Å². The highest BCUT2D eigenvalue weighted by molar-refractivity contribution is 6.11. The Labute approximate surface area is 108 Å². The summed E-state index contributed by atoms with van der Waals surface area (Å²) in [5.74, 6) is 6.08. The molecule has 0 aromatic heterocycles. The van der Waals surface area contributed by atoms with Gasteiger partial charge in [-0.3, -0.25) is 4.79 Å². The number of carbonyl (C=O) groups excluding carboxylic acids is 1. The Morgan fingerprint density at radius 1 is 1.28 bits per heavy atom. The van der Waals surface area contributed by atoms with E-state index in [0.29, 0.717) is 11.3 Å². The van der Waals surface area contributed by atoms with Crippen LogP contribution in [0.3, 0.4) is 0 Å². The van der Waals surface area contributed by atoms with E-state index in [1.165, 1.54) is 12.8 Å². The van der Waals surface area contributed by atoms with Gasteiger partial charge in [-0.2, -0.15) is 0 Å². The van der Waals surface area contributed by atoms with Gasteiger partial charge in [0.1, 0.15) is 5.75 Å². The number of ether oxygens (including phenoxy) is 1. The Balaban J connectivity index is 2.17. The zero-order chi connectivity index (χ0) is 12.8. The first-order valence-corrected chi connectivity index (χ1v) is 6.19. The standard InChI is InChI=1S/C16H16O2/c1-18-16-10-6-5-9-14(16)15(17)12-11-13-7-3-2-4-8-13/h5-7,9-10H,2-4,8H2,1H3. The van der Waals surface area contributed by atoms with Gasteiger partial charge in [0, 0.05) is 0 Å². The highest BCUT2D eigenvalue weighted by Gasteiger charge is 2.08. The maximum Gasteiger partial charge on any atom is 0.239 e. The highest BCUT2D eigenvalue weighted by Crippen LogP contribution is 2.18. The topological polar surface area (TPSA) is 26.3 Å². The van der Waals surface area contributed by atoms with Crippen LogP contribution in [0.15, 0.2) is 35.9 Å². The normalized spacial score (nSPS) is 14.2. The van der Waals surface area contributed by atoms with Gasteiger partial charge in [0.2, 0.25) is 5.78 Å². The molecule has 0 bridgehead atoms. The van der Waals surface area contributed by atoms with Crippen molar-refractivity contribution in [1.82, 2.24) is 0 Å². The van der Waals surface area contributed by atoms with E-state index in [1.54, 1.807) is 19.2 Å². The molecule has 1 aromatic rings. The number of rotatable bonds is 2. The van der Waals surface area contributed by atoms with Crippen LogP contribution in [0.5, 0.6) is 5.75 Å². The molecule has 1 aromatic carbocycles. The quantitative estimate of drug-likeness (QED) is 0.450. The van der Waals surface area contributed by atoms with Gasteiger partial charge in [0.25, 0.3) is 0 Å². The summed E-state index contributed by atoms with van der Waals surface area (Å²) in [4.78, 5) is 12.0. The SMILES string of the molecule is COc1ccccc1C(=O)C#CC1=CCCCC1. The summed E-state index contributed by atoms with van der Waals surface area (Å²) in [5, 5.41) is 0. The molecule has 0 radical (unpaired) electrons. The fourth-order valence-electron chi connectivity index (χ4n) is 1.99. The third-order valence-electron chi connectivity index (χ3n) is 2.98. The van der Waals surface area contributed by atoms with Crippen molar-refractivity contribution in [1.29, 1.82) is 0 Å². The summed E-state index contributed by atoms with van der Waals surface area (Å²) in [5.41, 5.74) is 1.62. The van der Waals surface area contributed by atoms with Crippen molar-refractivity contribution in [3.8, 4) is 17.6 Å². The van der Waals surface area contributed by atoms with Gasteiger partial charge in [0.15, 0.2) is 0 Å². The number of Topliss-reactive ketones (excluding diaryl/α,β-unsaturated/α-hetero) is 1. The van der Waals surface area contributed by atoms with Crippen LogP contribution in [0.4, 0.5) is 0 Å². The maximum absolute atomic E-state index is 12.0. The van der Waals surface area contributed by atoms with E-state index >= 15 is 0 Å². The highest BCUT2D eigenvalue weighted by atomic mass is 16.5. The van der Waals surface area contributed by atoms with E-state index in [0.717, 1.165) is 18.4 Å². The zero-order valence-electron chi connectivity index (χ0n) is 10.5. The maximum atomic E-state index is 12.0. The van der Waals surface area contributed by atoms with Crippen molar-refractivity contribution in [3.63, 3.8) is 0 Å². The Morgan fingerprint density at radius 3 is 2.83 bits per heavy atom. The molecule has 2 rings (SSSR count). The fourth-order valence-corrected chi connectivity index (χ4v) is 1.99. The van der Waals surface area contributed by atoms with E-state index < -0.39 is 0 Å². The molecule has 0 spiro atoms. The first kappa shape index (κ1) is 12.4. The van der Waals surface area contributed by atoms with Gasteiger partial charge in [-0.1, -0.05) is 24.1 Å². The molecule has 0 heterocycles. The number of methoxy groups -OCH3 is 1. The second kappa shape index (κ2) is 6.07. The van der Waals surface area contributed by atoms with Crippen LogP contribution < -0.4 is 4.74 Å². The molecular formula is C16H16O2. The number of benzene rings is 1. The third-order valence-corrected chi connectivity index (χ3v) is 2.98. The lowest BCUT2D eigenvalue weighted by molar-refractivity contribution is 0.105. The third kappa shape index (κ3) is 3.01. The summed E-state index contributed by atoms with van der Waals surface area (Å²) in [6.07, 6.45) is 6.60. The Kier molecular flexibility index (Phi) is 4.20. The Bertz CT molecular complexity index is 530. The van der Waals surface area contributed by atoms with Crippen LogP contribution in [0.25, 0.3) is 0 Å². The number of allylic oxidation sites excluding steroid dienone is 2. The number of ketones is 1. The van der Waals surface area contributed by atoms with E-state index in [-0.39, 0.29) is 5.78 Å². The van der Waals surface area contributed by atoms with Crippen LogP contribution in [-0.2, 0) is 0 Å². The van der Waals surface area contributed by atoms with Crippen molar-refractivity contribution >= 4 is 5.78 Å².